The SMILES string of the molecule is COc1cccc(CN(C(=O)COc2ccccc2Cl)[C@@H](C)C(=O)NC(C)C)c1. The van der Waals surface area contributed by atoms with Crippen molar-refractivity contribution in [2.24, 2.45) is 0 Å². The number of nitrogens with one attached hydrogen (secondary N) is 1. The molecule has 0 fully saturated rings. The first-order valence-corrected chi connectivity index (χ1v) is 9.79. The van der Waals surface area contributed by atoms with Gasteiger partial charge in [0, 0.05) is 12.6 Å². The summed E-state index contributed by atoms with van der Waals surface area (Å²) in [6.45, 7) is 5.46. The number of ether oxygens (including phenoxy) is 2. The van der Waals surface area contributed by atoms with Gasteiger partial charge in [0.25, 0.3) is 5.91 Å². The molecule has 2 aromatic carbocycles. The second kappa shape index (κ2) is 10.7. The molecule has 1 N–H and O–H groups in total. The molecular formula is C22H27ClN2O4. The Bertz CT molecular complexity index is 841. The van der Waals surface area contributed by atoms with Crippen LogP contribution in [-0.4, -0.2) is 42.5 Å². The van der Waals surface area contributed by atoms with Crippen molar-refractivity contribution in [3.63, 3.8) is 0 Å². The van der Waals surface area contributed by atoms with Crippen LogP contribution in [0.25, 0.3) is 0 Å². The Kier molecular flexibility index (Phi) is 8.34. The molecule has 0 aliphatic carbocycles. The first-order chi connectivity index (χ1) is 13.8. The number of rotatable bonds is 9. The van der Waals surface area contributed by atoms with Crippen molar-refractivity contribution in [1.82, 2.24) is 10.2 Å². The standard InChI is InChI=1S/C22H27ClN2O4/c1-15(2)24-22(27)16(3)25(13-17-8-7-9-18(12-17)28-4)21(26)14-29-20-11-6-5-10-19(20)23/h5-12,15-16H,13-14H2,1-4H3,(H,24,27)/t16-/m0/s1. The number of amides is 2. The topological polar surface area (TPSA) is 67.9 Å². The Morgan fingerprint density at radius 2 is 1.83 bits per heavy atom. The summed E-state index contributed by atoms with van der Waals surface area (Å²) in [6, 6.07) is 13.6. The molecule has 0 saturated carbocycles. The first kappa shape index (κ1) is 22.6. The lowest BCUT2D eigenvalue weighted by molar-refractivity contribution is -0.142. The minimum absolute atomic E-state index is 0.0295. The van der Waals surface area contributed by atoms with E-state index in [1.54, 1.807) is 38.3 Å². The number of hydrogen-bond donors (Lipinski definition) is 1. The fourth-order valence-electron chi connectivity index (χ4n) is 2.74. The number of carbonyl (C=O) groups excluding carboxylic acids is 2. The van der Waals surface area contributed by atoms with Gasteiger partial charge < -0.3 is 19.7 Å². The predicted octanol–water partition coefficient (Wildman–Crippen LogP) is 3.67. The number of nitrogens with zero attached hydrogens (tertiary/aromatic N) is 1. The molecule has 2 aromatic rings. The van der Waals surface area contributed by atoms with E-state index >= 15 is 0 Å². The number of methoxy groups -OCH3 is 1. The Morgan fingerprint density at radius 3 is 2.48 bits per heavy atom. The maximum atomic E-state index is 13.0. The van der Waals surface area contributed by atoms with Gasteiger partial charge in [0.2, 0.25) is 5.91 Å². The van der Waals surface area contributed by atoms with Crippen LogP contribution in [0.2, 0.25) is 5.02 Å². The van der Waals surface area contributed by atoms with Crippen LogP contribution in [0.1, 0.15) is 26.3 Å². The van der Waals surface area contributed by atoms with E-state index in [4.69, 9.17) is 21.1 Å². The minimum atomic E-state index is -0.675. The average molecular weight is 419 g/mol. The van der Waals surface area contributed by atoms with Crippen LogP contribution in [0.15, 0.2) is 48.5 Å². The van der Waals surface area contributed by atoms with Crippen molar-refractivity contribution < 1.29 is 19.1 Å². The van der Waals surface area contributed by atoms with E-state index < -0.39 is 6.04 Å². The highest BCUT2D eigenvalue weighted by molar-refractivity contribution is 6.32. The maximum absolute atomic E-state index is 13.0. The molecular weight excluding hydrogens is 392 g/mol. The summed E-state index contributed by atoms with van der Waals surface area (Å²) >= 11 is 6.09. The molecule has 0 saturated heterocycles. The van der Waals surface area contributed by atoms with Crippen LogP contribution in [0, 0.1) is 0 Å². The molecule has 2 amide bonds. The summed E-state index contributed by atoms with van der Waals surface area (Å²) in [5, 5.41) is 3.27. The molecule has 0 aliphatic heterocycles. The number of para-hydroxylation sites is 1. The summed E-state index contributed by atoms with van der Waals surface area (Å²) in [5.74, 6) is 0.553. The highest BCUT2D eigenvalue weighted by Crippen LogP contribution is 2.23. The van der Waals surface area contributed by atoms with Gasteiger partial charge in [-0.1, -0.05) is 35.9 Å². The predicted molar refractivity (Wildman–Crippen MR) is 113 cm³/mol. The van der Waals surface area contributed by atoms with E-state index in [1.165, 1.54) is 4.90 Å². The zero-order chi connectivity index (χ0) is 21.4. The summed E-state index contributed by atoms with van der Waals surface area (Å²) in [6.07, 6.45) is 0. The number of benzene rings is 2. The van der Waals surface area contributed by atoms with Gasteiger partial charge in [-0.2, -0.15) is 0 Å². The van der Waals surface area contributed by atoms with Crippen LogP contribution in [0.3, 0.4) is 0 Å². The van der Waals surface area contributed by atoms with E-state index in [2.05, 4.69) is 5.32 Å². The fraction of sp³-hybridized carbons (Fsp3) is 0.364. The Morgan fingerprint density at radius 1 is 1.10 bits per heavy atom. The van der Waals surface area contributed by atoms with Crippen molar-refractivity contribution in [2.45, 2.75) is 39.4 Å². The van der Waals surface area contributed by atoms with Gasteiger partial charge in [0.15, 0.2) is 6.61 Å². The summed E-state index contributed by atoms with van der Waals surface area (Å²) in [5.41, 5.74) is 0.847. The molecule has 0 aliphatic rings. The van der Waals surface area contributed by atoms with Gasteiger partial charge in [-0.05, 0) is 50.6 Å². The van der Waals surface area contributed by atoms with Gasteiger partial charge in [-0.3, -0.25) is 9.59 Å². The summed E-state index contributed by atoms with van der Waals surface area (Å²) in [7, 11) is 1.58. The van der Waals surface area contributed by atoms with Crippen LogP contribution >= 0.6 is 11.6 Å². The lowest BCUT2D eigenvalue weighted by Gasteiger charge is -2.29. The molecule has 1 atom stereocenters. The lowest BCUT2D eigenvalue weighted by Crippen LogP contribution is -2.50. The number of carbonyl (C=O) groups is 2. The molecule has 0 unspecified atom stereocenters. The molecule has 156 valence electrons. The van der Waals surface area contributed by atoms with Gasteiger partial charge in [0.05, 0.1) is 12.1 Å². The number of hydrogen-bond acceptors (Lipinski definition) is 4. The smallest absolute Gasteiger partial charge is 0.261 e. The van der Waals surface area contributed by atoms with Crippen LogP contribution in [0.5, 0.6) is 11.5 Å². The zero-order valence-electron chi connectivity index (χ0n) is 17.1. The second-order valence-electron chi connectivity index (χ2n) is 6.93. The number of halogens is 1. The third kappa shape index (κ3) is 6.68. The van der Waals surface area contributed by atoms with Crippen molar-refractivity contribution in [3.8, 4) is 11.5 Å². The summed E-state index contributed by atoms with van der Waals surface area (Å²) in [4.78, 5) is 27.0. The Hall–Kier alpha value is -2.73. The molecule has 0 aromatic heterocycles. The van der Waals surface area contributed by atoms with Gasteiger partial charge in [-0.15, -0.1) is 0 Å². The van der Waals surface area contributed by atoms with Crippen LogP contribution in [0.4, 0.5) is 0 Å². The highest BCUT2D eigenvalue weighted by atomic mass is 35.5. The molecule has 0 spiro atoms. The van der Waals surface area contributed by atoms with E-state index in [-0.39, 0.29) is 31.0 Å². The minimum Gasteiger partial charge on any atom is -0.497 e. The lowest BCUT2D eigenvalue weighted by atomic mass is 10.1. The Balaban J connectivity index is 2.19. The highest BCUT2D eigenvalue weighted by Gasteiger charge is 2.27. The first-order valence-electron chi connectivity index (χ1n) is 9.42. The third-order valence-corrected chi connectivity index (χ3v) is 4.59. The molecule has 2 rings (SSSR count). The van der Waals surface area contributed by atoms with Crippen LogP contribution < -0.4 is 14.8 Å². The van der Waals surface area contributed by atoms with Gasteiger partial charge in [-0.25, -0.2) is 0 Å². The average Bonchev–Trinajstić information content (AvgIpc) is 2.70. The van der Waals surface area contributed by atoms with Crippen molar-refractivity contribution in [1.29, 1.82) is 0 Å². The van der Waals surface area contributed by atoms with Crippen molar-refractivity contribution in [2.75, 3.05) is 13.7 Å². The second-order valence-corrected chi connectivity index (χ2v) is 7.34. The van der Waals surface area contributed by atoms with Gasteiger partial charge in [0.1, 0.15) is 17.5 Å². The molecule has 0 bridgehead atoms. The molecule has 0 radical (unpaired) electrons. The largest absolute Gasteiger partial charge is 0.497 e. The van der Waals surface area contributed by atoms with E-state index in [9.17, 15) is 9.59 Å². The quantitative estimate of drug-likeness (QED) is 0.674. The normalized spacial score (nSPS) is 11.7. The van der Waals surface area contributed by atoms with Crippen LogP contribution in [-0.2, 0) is 16.1 Å². The molecule has 6 nitrogen and oxygen atoms in total. The third-order valence-electron chi connectivity index (χ3n) is 4.27. The molecule has 7 heteroatoms. The van der Waals surface area contributed by atoms with E-state index in [0.717, 1.165) is 5.56 Å². The zero-order valence-corrected chi connectivity index (χ0v) is 17.9. The van der Waals surface area contributed by atoms with E-state index in [1.807, 2.05) is 38.1 Å². The Labute approximate surface area is 176 Å². The maximum Gasteiger partial charge on any atom is 0.261 e. The van der Waals surface area contributed by atoms with Crippen molar-refractivity contribution >= 4 is 23.4 Å². The monoisotopic (exact) mass is 418 g/mol. The molecule has 29 heavy (non-hydrogen) atoms. The fourth-order valence-corrected chi connectivity index (χ4v) is 2.93. The van der Waals surface area contributed by atoms with Gasteiger partial charge >= 0.3 is 0 Å². The molecule has 0 heterocycles. The summed E-state index contributed by atoms with van der Waals surface area (Å²) < 4.78 is 10.8. The van der Waals surface area contributed by atoms with E-state index in [0.29, 0.717) is 16.5 Å². The van der Waals surface area contributed by atoms with Crippen molar-refractivity contribution in [3.05, 3.63) is 59.1 Å².